The molecule has 1 fully saturated rings. The molecule has 6 heteroatoms. The van der Waals surface area contributed by atoms with Crippen LogP contribution in [0.5, 0.6) is 0 Å². The van der Waals surface area contributed by atoms with Gasteiger partial charge in [-0.1, -0.05) is 28.1 Å². The van der Waals surface area contributed by atoms with Gasteiger partial charge in [0.1, 0.15) is 5.82 Å². The average Bonchev–Trinajstić information content (AvgIpc) is 2.65. The smallest absolute Gasteiger partial charge is 0.251 e. The van der Waals surface area contributed by atoms with Gasteiger partial charge in [-0.3, -0.25) is 9.69 Å². The number of amides is 1. The molecule has 0 aromatic heterocycles. The highest BCUT2D eigenvalue weighted by Crippen LogP contribution is 2.22. The summed E-state index contributed by atoms with van der Waals surface area (Å²) in [6, 6.07) is 13.9. The second-order valence-electron chi connectivity index (χ2n) is 6.62. The van der Waals surface area contributed by atoms with Crippen LogP contribution in [-0.4, -0.2) is 55.5 Å². The Morgan fingerprint density at radius 1 is 1.08 bits per heavy atom. The zero-order valence-corrected chi connectivity index (χ0v) is 16.4. The zero-order valence-electron chi connectivity index (χ0n) is 14.8. The van der Waals surface area contributed by atoms with E-state index in [-0.39, 0.29) is 17.8 Å². The molecule has 0 saturated carbocycles. The number of piperazine rings is 1. The highest BCUT2D eigenvalue weighted by molar-refractivity contribution is 9.10. The quantitative estimate of drug-likeness (QED) is 0.807. The Balaban J connectivity index is 1.71. The third-order valence-electron chi connectivity index (χ3n) is 4.80. The van der Waals surface area contributed by atoms with Crippen LogP contribution in [-0.2, 0) is 0 Å². The number of carbonyl (C=O) groups is 1. The fourth-order valence-electron chi connectivity index (χ4n) is 3.17. The second kappa shape index (κ2) is 8.75. The first-order chi connectivity index (χ1) is 12.5. The molecule has 1 amide bonds. The first-order valence-corrected chi connectivity index (χ1v) is 9.54. The number of rotatable bonds is 5. The lowest BCUT2D eigenvalue weighted by atomic mass is 10.0. The van der Waals surface area contributed by atoms with Gasteiger partial charge in [0.25, 0.3) is 5.91 Å². The van der Waals surface area contributed by atoms with Gasteiger partial charge < -0.3 is 10.2 Å². The second-order valence-corrected chi connectivity index (χ2v) is 7.54. The highest BCUT2D eigenvalue weighted by Gasteiger charge is 2.24. The third-order valence-corrected chi connectivity index (χ3v) is 5.32. The molecule has 2 aromatic rings. The van der Waals surface area contributed by atoms with Gasteiger partial charge in [0.15, 0.2) is 0 Å². The van der Waals surface area contributed by atoms with E-state index in [1.54, 1.807) is 12.1 Å². The van der Waals surface area contributed by atoms with Crippen molar-refractivity contribution < 1.29 is 9.18 Å². The molecule has 3 rings (SSSR count). The van der Waals surface area contributed by atoms with Crippen molar-refractivity contribution >= 4 is 21.8 Å². The van der Waals surface area contributed by atoms with E-state index in [2.05, 4.69) is 38.1 Å². The Labute approximate surface area is 162 Å². The first kappa shape index (κ1) is 19.0. The molecule has 1 aliphatic rings. The molecule has 138 valence electrons. The standard InChI is InChI=1S/C20H23BrFN3O/c1-24-10-12-25(13-11-24)19(15-4-8-18(22)9-5-15)14-23-20(26)16-2-6-17(21)7-3-16/h2-9,19H,10-14H2,1H3,(H,23,26)/t19-/m0/s1. The molecule has 4 nitrogen and oxygen atoms in total. The lowest BCUT2D eigenvalue weighted by Gasteiger charge is -2.38. The van der Waals surface area contributed by atoms with Crippen LogP contribution < -0.4 is 5.32 Å². The number of benzene rings is 2. The van der Waals surface area contributed by atoms with Crippen LogP contribution in [0, 0.1) is 5.82 Å². The summed E-state index contributed by atoms with van der Waals surface area (Å²) in [4.78, 5) is 17.1. The van der Waals surface area contributed by atoms with Gasteiger partial charge in [0, 0.05) is 42.8 Å². The van der Waals surface area contributed by atoms with Crippen molar-refractivity contribution in [3.63, 3.8) is 0 Å². The average molecular weight is 420 g/mol. The number of hydrogen-bond donors (Lipinski definition) is 1. The predicted molar refractivity (Wildman–Crippen MR) is 105 cm³/mol. The van der Waals surface area contributed by atoms with Crippen LogP contribution in [0.3, 0.4) is 0 Å². The lowest BCUT2D eigenvalue weighted by Crippen LogP contribution is -2.48. The summed E-state index contributed by atoms with van der Waals surface area (Å²) in [6.45, 7) is 4.31. The van der Waals surface area contributed by atoms with Gasteiger partial charge >= 0.3 is 0 Å². The molecule has 1 heterocycles. The zero-order chi connectivity index (χ0) is 18.5. The number of likely N-dealkylation sites (N-methyl/N-ethyl adjacent to an activating group) is 1. The van der Waals surface area contributed by atoms with E-state index in [0.717, 1.165) is 36.2 Å². The van der Waals surface area contributed by atoms with Gasteiger partial charge in [0.05, 0.1) is 6.04 Å². The summed E-state index contributed by atoms with van der Waals surface area (Å²) in [7, 11) is 2.11. The molecule has 26 heavy (non-hydrogen) atoms. The minimum atomic E-state index is -0.246. The molecule has 0 radical (unpaired) electrons. The molecule has 0 unspecified atom stereocenters. The van der Waals surface area contributed by atoms with E-state index >= 15 is 0 Å². The van der Waals surface area contributed by atoms with Crippen LogP contribution in [0.2, 0.25) is 0 Å². The number of nitrogens with one attached hydrogen (secondary N) is 1. The van der Waals surface area contributed by atoms with Crippen molar-refractivity contribution in [2.24, 2.45) is 0 Å². The van der Waals surface area contributed by atoms with Crippen LogP contribution in [0.25, 0.3) is 0 Å². The molecule has 1 atom stereocenters. The Morgan fingerprint density at radius 3 is 2.31 bits per heavy atom. The van der Waals surface area contributed by atoms with Crippen molar-refractivity contribution in [2.45, 2.75) is 6.04 Å². The highest BCUT2D eigenvalue weighted by atomic mass is 79.9. The lowest BCUT2D eigenvalue weighted by molar-refractivity contribution is 0.0886. The van der Waals surface area contributed by atoms with E-state index in [9.17, 15) is 9.18 Å². The van der Waals surface area contributed by atoms with Crippen molar-refractivity contribution in [3.8, 4) is 0 Å². The Bertz CT molecular complexity index is 728. The van der Waals surface area contributed by atoms with Gasteiger partial charge in [0.2, 0.25) is 0 Å². The van der Waals surface area contributed by atoms with Crippen LogP contribution in [0.4, 0.5) is 4.39 Å². The number of hydrogen-bond acceptors (Lipinski definition) is 3. The monoisotopic (exact) mass is 419 g/mol. The largest absolute Gasteiger partial charge is 0.350 e. The fourth-order valence-corrected chi connectivity index (χ4v) is 3.43. The van der Waals surface area contributed by atoms with E-state index in [0.29, 0.717) is 12.1 Å². The molecule has 1 N–H and O–H groups in total. The Morgan fingerprint density at radius 2 is 1.69 bits per heavy atom. The molecule has 0 spiro atoms. The minimum Gasteiger partial charge on any atom is -0.350 e. The summed E-state index contributed by atoms with van der Waals surface area (Å²) in [6.07, 6.45) is 0. The molecule has 1 aliphatic heterocycles. The summed E-state index contributed by atoms with van der Waals surface area (Å²) in [5, 5.41) is 3.04. The minimum absolute atomic E-state index is 0.0312. The van der Waals surface area contributed by atoms with Crippen molar-refractivity contribution in [2.75, 3.05) is 39.8 Å². The van der Waals surface area contributed by atoms with E-state index in [4.69, 9.17) is 0 Å². The fraction of sp³-hybridized carbons (Fsp3) is 0.350. The molecular formula is C20H23BrFN3O. The Kier molecular flexibility index (Phi) is 6.40. The van der Waals surface area contributed by atoms with Crippen LogP contribution in [0.15, 0.2) is 53.0 Å². The summed E-state index contributed by atoms with van der Waals surface area (Å²) >= 11 is 3.38. The van der Waals surface area contributed by atoms with Gasteiger partial charge in [-0.2, -0.15) is 0 Å². The maximum absolute atomic E-state index is 13.3. The number of halogens is 2. The van der Waals surface area contributed by atoms with E-state index in [1.807, 2.05) is 24.3 Å². The van der Waals surface area contributed by atoms with E-state index < -0.39 is 0 Å². The Hall–Kier alpha value is -1.76. The molecular weight excluding hydrogens is 397 g/mol. The van der Waals surface area contributed by atoms with E-state index in [1.165, 1.54) is 12.1 Å². The van der Waals surface area contributed by atoms with Gasteiger partial charge in [-0.15, -0.1) is 0 Å². The summed E-state index contributed by atoms with van der Waals surface area (Å²) < 4.78 is 14.3. The van der Waals surface area contributed by atoms with Crippen LogP contribution in [0.1, 0.15) is 22.0 Å². The van der Waals surface area contributed by atoms with Gasteiger partial charge in [-0.25, -0.2) is 4.39 Å². The number of carbonyl (C=O) groups excluding carboxylic acids is 1. The summed E-state index contributed by atoms with van der Waals surface area (Å²) in [5.74, 6) is -0.344. The van der Waals surface area contributed by atoms with Crippen LogP contribution >= 0.6 is 15.9 Å². The maximum atomic E-state index is 13.3. The van der Waals surface area contributed by atoms with Gasteiger partial charge in [-0.05, 0) is 49.0 Å². The molecule has 1 saturated heterocycles. The maximum Gasteiger partial charge on any atom is 0.251 e. The van der Waals surface area contributed by atoms with Crippen molar-refractivity contribution in [1.82, 2.24) is 15.1 Å². The number of nitrogens with zero attached hydrogens (tertiary/aromatic N) is 2. The molecule has 2 aromatic carbocycles. The normalized spacial score (nSPS) is 17.0. The molecule has 0 aliphatic carbocycles. The first-order valence-electron chi connectivity index (χ1n) is 8.75. The van der Waals surface area contributed by atoms with Crippen molar-refractivity contribution in [3.05, 3.63) is 69.9 Å². The topological polar surface area (TPSA) is 35.6 Å². The third kappa shape index (κ3) is 4.90. The predicted octanol–water partition coefficient (Wildman–Crippen LogP) is 3.31. The molecule has 0 bridgehead atoms. The summed E-state index contributed by atoms with van der Waals surface area (Å²) in [5.41, 5.74) is 1.65. The van der Waals surface area contributed by atoms with Crippen molar-refractivity contribution in [1.29, 1.82) is 0 Å². The SMILES string of the molecule is CN1CCN([C@@H](CNC(=O)c2ccc(Br)cc2)c2ccc(F)cc2)CC1.